The summed E-state index contributed by atoms with van der Waals surface area (Å²) in [7, 11) is 2.31. The molecule has 1 atom stereocenters. The molecule has 1 unspecified atom stereocenters. The van der Waals surface area contributed by atoms with E-state index in [0.29, 0.717) is 0 Å². The van der Waals surface area contributed by atoms with E-state index >= 15 is 0 Å². The van der Waals surface area contributed by atoms with Gasteiger partial charge < -0.3 is 4.90 Å². The average molecular weight is 183 g/mol. The monoisotopic (exact) mass is 183 g/mol. The Balaban J connectivity index is 2.40. The third kappa shape index (κ3) is 2.98. The fraction of sp³-hybridized carbons (Fsp3) is 1.00. The fourth-order valence-corrected chi connectivity index (χ4v) is 2.29. The first-order valence-corrected chi connectivity index (χ1v) is 5.85. The van der Waals surface area contributed by atoms with E-state index in [4.69, 9.17) is 0 Å². The lowest BCUT2D eigenvalue weighted by Crippen LogP contribution is -2.42. The van der Waals surface area contributed by atoms with Gasteiger partial charge in [-0.3, -0.25) is 0 Å². The van der Waals surface area contributed by atoms with Gasteiger partial charge in [-0.05, 0) is 32.7 Å². The Morgan fingerprint density at radius 3 is 2.00 bits per heavy atom. The van der Waals surface area contributed by atoms with Gasteiger partial charge in [-0.2, -0.15) is 0 Å². The van der Waals surface area contributed by atoms with Crippen LogP contribution in [0.1, 0.15) is 52.9 Å². The van der Waals surface area contributed by atoms with Crippen LogP contribution in [-0.2, 0) is 0 Å². The van der Waals surface area contributed by atoms with Crippen LogP contribution in [0.5, 0.6) is 0 Å². The van der Waals surface area contributed by atoms with Crippen molar-refractivity contribution in [3.05, 3.63) is 0 Å². The molecule has 1 heteroatoms. The number of hydrogen-bond donors (Lipinski definition) is 0. The van der Waals surface area contributed by atoms with Crippen LogP contribution in [0.2, 0.25) is 0 Å². The van der Waals surface area contributed by atoms with E-state index in [1.807, 2.05) is 0 Å². The average Bonchev–Trinajstić information content (AvgIpc) is 2.17. The molecule has 1 saturated carbocycles. The SMILES string of the molecule is CC(C)C(C)N(C)C1CCCCC1. The first kappa shape index (κ1) is 11.0. The Labute approximate surface area is 83.5 Å². The summed E-state index contributed by atoms with van der Waals surface area (Å²) in [5.74, 6) is 0.784. The first-order valence-electron chi connectivity index (χ1n) is 5.85. The van der Waals surface area contributed by atoms with Gasteiger partial charge in [0.1, 0.15) is 0 Å². The summed E-state index contributed by atoms with van der Waals surface area (Å²) in [6, 6.07) is 1.61. The van der Waals surface area contributed by atoms with E-state index in [2.05, 4.69) is 32.7 Å². The molecule has 13 heavy (non-hydrogen) atoms. The zero-order valence-corrected chi connectivity index (χ0v) is 9.71. The highest BCUT2D eigenvalue weighted by Gasteiger charge is 2.23. The number of rotatable bonds is 3. The molecule has 0 amide bonds. The van der Waals surface area contributed by atoms with Crippen LogP contribution >= 0.6 is 0 Å². The predicted molar refractivity (Wildman–Crippen MR) is 58.9 cm³/mol. The molecule has 0 saturated heterocycles. The highest BCUT2D eigenvalue weighted by atomic mass is 15.2. The van der Waals surface area contributed by atoms with Crippen molar-refractivity contribution in [2.75, 3.05) is 7.05 Å². The minimum Gasteiger partial charge on any atom is -0.300 e. The van der Waals surface area contributed by atoms with E-state index in [9.17, 15) is 0 Å². The van der Waals surface area contributed by atoms with Crippen LogP contribution in [0.15, 0.2) is 0 Å². The third-order valence-electron chi connectivity index (χ3n) is 3.76. The Kier molecular flexibility index (Phi) is 4.24. The lowest BCUT2D eigenvalue weighted by Gasteiger charge is -2.37. The molecule has 0 radical (unpaired) electrons. The van der Waals surface area contributed by atoms with Crippen molar-refractivity contribution >= 4 is 0 Å². The fourth-order valence-electron chi connectivity index (χ4n) is 2.29. The molecule has 1 nitrogen and oxygen atoms in total. The summed E-state index contributed by atoms with van der Waals surface area (Å²) in [4.78, 5) is 2.60. The van der Waals surface area contributed by atoms with Crippen molar-refractivity contribution in [3.8, 4) is 0 Å². The number of hydrogen-bond acceptors (Lipinski definition) is 1. The molecule has 0 spiro atoms. The van der Waals surface area contributed by atoms with Crippen LogP contribution in [0.4, 0.5) is 0 Å². The van der Waals surface area contributed by atoms with E-state index in [1.165, 1.54) is 32.1 Å². The molecule has 0 aromatic heterocycles. The maximum atomic E-state index is 2.60. The van der Waals surface area contributed by atoms with Crippen LogP contribution in [-0.4, -0.2) is 24.0 Å². The summed E-state index contributed by atoms with van der Waals surface area (Å²) >= 11 is 0. The standard InChI is InChI=1S/C12H25N/c1-10(2)11(3)13(4)12-8-6-5-7-9-12/h10-12H,5-9H2,1-4H3. The molecule has 0 bridgehead atoms. The lowest BCUT2D eigenvalue weighted by atomic mass is 9.92. The van der Waals surface area contributed by atoms with Gasteiger partial charge in [0.05, 0.1) is 0 Å². The second-order valence-corrected chi connectivity index (χ2v) is 4.94. The summed E-state index contributed by atoms with van der Waals surface area (Å²) in [5, 5.41) is 0. The summed E-state index contributed by atoms with van der Waals surface area (Å²) in [6.45, 7) is 7.01. The Bertz CT molecular complexity index is 136. The minimum atomic E-state index is 0.739. The van der Waals surface area contributed by atoms with Gasteiger partial charge in [-0.25, -0.2) is 0 Å². The molecule has 0 aromatic rings. The second-order valence-electron chi connectivity index (χ2n) is 4.94. The normalized spacial score (nSPS) is 22.6. The Morgan fingerprint density at radius 1 is 1.00 bits per heavy atom. The summed E-state index contributed by atoms with van der Waals surface area (Å²) in [5.41, 5.74) is 0. The molecular formula is C12H25N. The van der Waals surface area contributed by atoms with E-state index in [0.717, 1.165) is 18.0 Å². The Hall–Kier alpha value is -0.0400. The molecule has 1 aliphatic carbocycles. The van der Waals surface area contributed by atoms with Gasteiger partial charge in [0.2, 0.25) is 0 Å². The van der Waals surface area contributed by atoms with Crippen LogP contribution in [0.25, 0.3) is 0 Å². The van der Waals surface area contributed by atoms with Gasteiger partial charge >= 0.3 is 0 Å². The van der Waals surface area contributed by atoms with E-state index < -0.39 is 0 Å². The van der Waals surface area contributed by atoms with Crippen molar-refractivity contribution in [1.29, 1.82) is 0 Å². The van der Waals surface area contributed by atoms with Crippen LogP contribution < -0.4 is 0 Å². The zero-order valence-electron chi connectivity index (χ0n) is 9.71. The lowest BCUT2D eigenvalue weighted by molar-refractivity contribution is 0.119. The van der Waals surface area contributed by atoms with Crippen molar-refractivity contribution < 1.29 is 0 Å². The smallest absolute Gasteiger partial charge is 0.00951 e. The molecule has 1 fully saturated rings. The van der Waals surface area contributed by atoms with Crippen LogP contribution in [0, 0.1) is 5.92 Å². The van der Waals surface area contributed by atoms with Gasteiger partial charge in [-0.15, -0.1) is 0 Å². The number of nitrogens with zero attached hydrogens (tertiary/aromatic N) is 1. The quantitative estimate of drug-likeness (QED) is 0.649. The maximum absolute atomic E-state index is 2.60. The molecule has 1 rings (SSSR count). The van der Waals surface area contributed by atoms with Gasteiger partial charge in [-0.1, -0.05) is 33.1 Å². The molecule has 0 N–H and O–H groups in total. The summed E-state index contributed by atoms with van der Waals surface area (Å²) in [6.07, 6.45) is 7.20. The van der Waals surface area contributed by atoms with Crippen molar-refractivity contribution in [3.63, 3.8) is 0 Å². The van der Waals surface area contributed by atoms with Crippen molar-refractivity contribution in [2.45, 2.75) is 65.0 Å². The molecular weight excluding hydrogens is 158 g/mol. The molecule has 78 valence electrons. The highest BCUT2D eigenvalue weighted by molar-refractivity contribution is 4.78. The molecule has 0 aliphatic heterocycles. The minimum absolute atomic E-state index is 0.739. The third-order valence-corrected chi connectivity index (χ3v) is 3.76. The molecule has 0 aromatic carbocycles. The van der Waals surface area contributed by atoms with E-state index in [-0.39, 0.29) is 0 Å². The maximum Gasteiger partial charge on any atom is 0.00951 e. The highest BCUT2D eigenvalue weighted by Crippen LogP contribution is 2.24. The van der Waals surface area contributed by atoms with E-state index in [1.54, 1.807) is 0 Å². The summed E-state index contributed by atoms with van der Waals surface area (Å²) < 4.78 is 0. The van der Waals surface area contributed by atoms with Gasteiger partial charge in [0.15, 0.2) is 0 Å². The first-order chi connectivity index (χ1) is 6.13. The Morgan fingerprint density at radius 2 is 1.54 bits per heavy atom. The van der Waals surface area contributed by atoms with Gasteiger partial charge in [0.25, 0.3) is 0 Å². The van der Waals surface area contributed by atoms with Crippen molar-refractivity contribution in [1.82, 2.24) is 4.90 Å². The predicted octanol–water partition coefficient (Wildman–Crippen LogP) is 3.30. The zero-order chi connectivity index (χ0) is 9.84. The van der Waals surface area contributed by atoms with Crippen molar-refractivity contribution in [2.24, 2.45) is 5.92 Å². The second kappa shape index (κ2) is 4.99. The van der Waals surface area contributed by atoms with Gasteiger partial charge in [0, 0.05) is 12.1 Å². The molecule has 0 heterocycles. The van der Waals surface area contributed by atoms with Crippen LogP contribution in [0.3, 0.4) is 0 Å². The molecule has 1 aliphatic rings. The largest absolute Gasteiger partial charge is 0.300 e. The topological polar surface area (TPSA) is 3.24 Å².